The van der Waals surface area contributed by atoms with Crippen molar-refractivity contribution in [3.8, 4) is 12.1 Å². The number of hydrogen-bond donors (Lipinski definition) is 0. The van der Waals surface area contributed by atoms with Gasteiger partial charge in [-0.3, -0.25) is 0 Å². The fourth-order valence-corrected chi connectivity index (χ4v) is 4.96. The largest absolute Gasteiger partial charge is 0.198 e. The van der Waals surface area contributed by atoms with E-state index >= 15 is 0 Å². The van der Waals surface area contributed by atoms with Crippen LogP contribution in [0.1, 0.15) is 44.9 Å². The number of rotatable bonds is 1. The van der Waals surface area contributed by atoms with Gasteiger partial charge in [-0.1, -0.05) is 0 Å². The molecule has 0 aromatic carbocycles. The predicted octanol–water partition coefficient (Wildman–Crippen LogP) is 3.01. The summed E-state index contributed by atoms with van der Waals surface area (Å²) in [5.41, 5.74) is 0.190. The van der Waals surface area contributed by atoms with E-state index in [1.54, 1.807) is 0 Å². The molecule has 78 valence electrons. The Morgan fingerprint density at radius 1 is 1.07 bits per heavy atom. The van der Waals surface area contributed by atoms with Crippen molar-refractivity contribution >= 4 is 0 Å². The second-order valence-electron chi connectivity index (χ2n) is 6.19. The van der Waals surface area contributed by atoms with Crippen LogP contribution in [0.5, 0.6) is 0 Å². The molecule has 0 aromatic heterocycles. The minimum atomic E-state index is -0.0407. The average Bonchev–Trinajstić information content (AvgIpc) is 2.15. The van der Waals surface area contributed by atoms with Gasteiger partial charge in [0.15, 0.2) is 0 Å². The van der Waals surface area contributed by atoms with Gasteiger partial charge in [0.25, 0.3) is 0 Å². The van der Waals surface area contributed by atoms with Gasteiger partial charge in [-0.25, -0.2) is 0 Å². The summed E-state index contributed by atoms with van der Waals surface area (Å²) in [6.07, 6.45) is 7.71. The average molecular weight is 200 g/mol. The maximum atomic E-state index is 9.38. The second kappa shape index (κ2) is 2.76. The molecule has 0 spiro atoms. The number of nitrogens with zero attached hydrogens (tertiary/aromatic N) is 2. The summed E-state index contributed by atoms with van der Waals surface area (Å²) >= 11 is 0. The van der Waals surface area contributed by atoms with Crippen LogP contribution < -0.4 is 0 Å². The Labute approximate surface area is 90.9 Å². The highest BCUT2D eigenvalue weighted by atomic mass is 14.6. The summed E-state index contributed by atoms with van der Waals surface area (Å²) < 4.78 is 0. The van der Waals surface area contributed by atoms with Crippen LogP contribution in [-0.2, 0) is 0 Å². The van der Waals surface area contributed by atoms with Crippen LogP contribution >= 0.6 is 0 Å². The fraction of sp³-hybridized carbons (Fsp3) is 0.846. The molecule has 4 rings (SSSR count). The third-order valence-electron chi connectivity index (χ3n) is 4.87. The summed E-state index contributed by atoms with van der Waals surface area (Å²) in [7, 11) is 0. The van der Waals surface area contributed by atoms with Crippen molar-refractivity contribution in [1.29, 1.82) is 10.5 Å². The van der Waals surface area contributed by atoms with Gasteiger partial charge in [0.2, 0.25) is 0 Å². The molecule has 2 atom stereocenters. The summed E-state index contributed by atoms with van der Waals surface area (Å²) in [6, 6.07) is 4.94. The molecular weight excluding hydrogens is 184 g/mol. The van der Waals surface area contributed by atoms with E-state index in [1.807, 2.05) is 0 Å². The number of hydrogen-bond acceptors (Lipinski definition) is 2. The standard InChI is InChI=1S/C13H16N2/c14-2-1-12-4-10-3-11(5-12)7-13(6-10,8-12)9-15/h10-11H,1,3-8H2. The molecular formula is C13H16N2. The smallest absolute Gasteiger partial charge is 0.0690 e. The van der Waals surface area contributed by atoms with Crippen LogP contribution in [0.4, 0.5) is 0 Å². The Bertz CT molecular complexity index is 357. The van der Waals surface area contributed by atoms with E-state index < -0.39 is 0 Å². The third kappa shape index (κ3) is 1.21. The van der Waals surface area contributed by atoms with Gasteiger partial charge in [-0.15, -0.1) is 0 Å². The molecule has 2 nitrogen and oxygen atoms in total. The monoisotopic (exact) mass is 200 g/mol. The molecule has 4 fully saturated rings. The molecule has 4 bridgehead atoms. The topological polar surface area (TPSA) is 47.6 Å². The van der Waals surface area contributed by atoms with Crippen LogP contribution in [0, 0.1) is 45.3 Å². The van der Waals surface area contributed by atoms with Gasteiger partial charge < -0.3 is 0 Å². The first-order chi connectivity index (χ1) is 7.19. The van der Waals surface area contributed by atoms with Crippen molar-refractivity contribution in [1.82, 2.24) is 0 Å². The first kappa shape index (κ1) is 9.22. The van der Waals surface area contributed by atoms with Crippen molar-refractivity contribution in [2.24, 2.45) is 22.7 Å². The Hall–Kier alpha value is -1.02. The lowest BCUT2D eigenvalue weighted by Crippen LogP contribution is -2.51. The predicted molar refractivity (Wildman–Crippen MR) is 55.4 cm³/mol. The molecule has 4 saturated carbocycles. The summed E-state index contributed by atoms with van der Waals surface area (Å²) in [6.45, 7) is 0. The van der Waals surface area contributed by atoms with E-state index in [-0.39, 0.29) is 10.8 Å². The molecule has 15 heavy (non-hydrogen) atoms. The van der Waals surface area contributed by atoms with Gasteiger partial charge in [0.05, 0.1) is 17.6 Å². The molecule has 0 aliphatic heterocycles. The lowest BCUT2D eigenvalue weighted by Gasteiger charge is -2.59. The first-order valence-electron chi connectivity index (χ1n) is 5.98. The zero-order valence-corrected chi connectivity index (χ0v) is 9.00. The summed E-state index contributed by atoms with van der Waals surface area (Å²) in [5.74, 6) is 1.50. The minimum Gasteiger partial charge on any atom is -0.198 e. The SMILES string of the molecule is N#CCC12CC3CC(CC(C#N)(C3)C1)C2. The first-order valence-corrected chi connectivity index (χ1v) is 5.98. The molecule has 4 aliphatic rings. The van der Waals surface area contributed by atoms with Crippen molar-refractivity contribution < 1.29 is 0 Å². The second-order valence-corrected chi connectivity index (χ2v) is 6.19. The lowest BCUT2D eigenvalue weighted by molar-refractivity contribution is -0.0813. The zero-order chi connectivity index (χ0) is 10.5. The maximum Gasteiger partial charge on any atom is 0.0690 e. The Balaban J connectivity index is 1.97. The summed E-state index contributed by atoms with van der Waals surface area (Å²) in [4.78, 5) is 0. The quantitative estimate of drug-likeness (QED) is 0.653. The molecule has 2 heteroatoms. The molecule has 2 unspecified atom stereocenters. The lowest BCUT2D eigenvalue weighted by atomic mass is 9.44. The zero-order valence-electron chi connectivity index (χ0n) is 9.00. The summed E-state index contributed by atoms with van der Waals surface area (Å²) in [5, 5.41) is 18.3. The van der Waals surface area contributed by atoms with Crippen LogP contribution in [0.25, 0.3) is 0 Å². The van der Waals surface area contributed by atoms with E-state index in [9.17, 15) is 5.26 Å². The molecule has 0 aromatic rings. The van der Waals surface area contributed by atoms with Crippen molar-refractivity contribution in [2.75, 3.05) is 0 Å². The van der Waals surface area contributed by atoms with E-state index in [0.717, 1.165) is 31.1 Å². The van der Waals surface area contributed by atoms with E-state index in [2.05, 4.69) is 12.1 Å². The van der Waals surface area contributed by atoms with Gasteiger partial charge >= 0.3 is 0 Å². The van der Waals surface area contributed by atoms with Crippen molar-refractivity contribution in [3.05, 3.63) is 0 Å². The normalized spacial score (nSPS) is 51.1. The van der Waals surface area contributed by atoms with Gasteiger partial charge in [0, 0.05) is 6.42 Å². The number of nitriles is 2. The van der Waals surface area contributed by atoms with Crippen LogP contribution in [0.2, 0.25) is 0 Å². The van der Waals surface area contributed by atoms with Crippen molar-refractivity contribution in [2.45, 2.75) is 44.9 Å². The Kier molecular flexibility index (Phi) is 1.70. The van der Waals surface area contributed by atoms with Crippen molar-refractivity contribution in [3.63, 3.8) is 0 Å². The van der Waals surface area contributed by atoms with Crippen LogP contribution in [0.15, 0.2) is 0 Å². The highest BCUT2D eigenvalue weighted by Gasteiger charge is 2.57. The van der Waals surface area contributed by atoms with Crippen LogP contribution in [-0.4, -0.2) is 0 Å². The molecule has 0 amide bonds. The van der Waals surface area contributed by atoms with E-state index in [4.69, 9.17) is 5.26 Å². The van der Waals surface area contributed by atoms with Gasteiger partial charge in [0.1, 0.15) is 0 Å². The van der Waals surface area contributed by atoms with Gasteiger partial charge in [-0.2, -0.15) is 10.5 Å². The maximum absolute atomic E-state index is 9.38. The fourth-order valence-electron chi connectivity index (χ4n) is 4.96. The molecule has 0 radical (unpaired) electrons. The van der Waals surface area contributed by atoms with Crippen LogP contribution in [0.3, 0.4) is 0 Å². The highest BCUT2D eigenvalue weighted by Crippen LogP contribution is 2.65. The van der Waals surface area contributed by atoms with E-state index in [1.165, 1.54) is 19.3 Å². The Morgan fingerprint density at radius 3 is 2.27 bits per heavy atom. The molecule has 0 heterocycles. The minimum absolute atomic E-state index is 0.0407. The van der Waals surface area contributed by atoms with Gasteiger partial charge in [-0.05, 0) is 55.8 Å². The molecule has 4 aliphatic carbocycles. The third-order valence-corrected chi connectivity index (χ3v) is 4.87. The highest BCUT2D eigenvalue weighted by molar-refractivity contribution is 5.16. The van der Waals surface area contributed by atoms with E-state index in [0.29, 0.717) is 6.42 Å². The molecule has 0 saturated heterocycles. The Morgan fingerprint density at radius 2 is 1.73 bits per heavy atom. The molecule has 0 N–H and O–H groups in total.